The first-order valence-electron chi connectivity index (χ1n) is 7.74. The van der Waals surface area contributed by atoms with E-state index in [1.807, 2.05) is 35.9 Å². The quantitative estimate of drug-likeness (QED) is 0.773. The molecule has 2 aromatic carbocycles. The highest BCUT2D eigenvalue weighted by Crippen LogP contribution is 2.20. The summed E-state index contributed by atoms with van der Waals surface area (Å²) in [5.74, 6) is -1.46. The number of halogens is 2. The fraction of sp³-hybridized carbons (Fsp3) is 0.222. The zero-order valence-corrected chi connectivity index (χ0v) is 13.8. The van der Waals surface area contributed by atoms with Crippen molar-refractivity contribution in [2.75, 3.05) is 6.61 Å². The Kier molecular flexibility index (Phi) is 4.65. The van der Waals surface area contributed by atoms with Gasteiger partial charge in [0, 0.05) is 13.1 Å². The van der Waals surface area contributed by atoms with Crippen LogP contribution in [0.4, 0.5) is 8.78 Å². The molecule has 0 aliphatic heterocycles. The van der Waals surface area contributed by atoms with Crippen molar-refractivity contribution in [2.45, 2.75) is 13.0 Å². The monoisotopic (exact) mass is 345 g/mol. The van der Waals surface area contributed by atoms with Crippen molar-refractivity contribution in [2.24, 2.45) is 7.05 Å². The number of fused-ring (bicyclic) bond motifs is 1. The molecule has 0 radical (unpaired) electrons. The molecule has 1 atom stereocenters. The molecule has 0 spiro atoms. The van der Waals surface area contributed by atoms with Gasteiger partial charge in [0.2, 0.25) is 0 Å². The number of hydrogen-bond donors (Lipinski definition) is 1. The zero-order valence-electron chi connectivity index (χ0n) is 13.8. The Morgan fingerprint density at radius 2 is 2.04 bits per heavy atom. The summed E-state index contributed by atoms with van der Waals surface area (Å²) in [5, 5.41) is 2.76. The lowest BCUT2D eigenvalue weighted by Crippen LogP contribution is -2.32. The van der Waals surface area contributed by atoms with Crippen molar-refractivity contribution >= 4 is 16.9 Å². The molecular formula is C18H17F2N3O2. The second-order valence-electron chi connectivity index (χ2n) is 5.67. The summed E-state index contributed by atoms with van der Waals surface area (Å²) < 4.78 is 33.3. The van der Waals surface area contributed by atoms with E-state index in [0.717, 1.165) is 23.2 Å². The van der Waals surface area contributed by atoms with E-state index in [4.69, 9.17) is 4.74 Å². The molecule has 1 aromatic heterocycles. The molecule has 7 heteroatoms. The Morgan fingerprint density at radius 3 is 2.76 bits per heavy atom. The van der Waals surface area contributed by atoms with Crippen LogP contribution < -0.4 is 10.1 Å². The topological polar surface area (TPSA) is 56.1 Å². The Bertz CT molecular complexity index is 924. The number of aryl methyl sites for hydroxylation is 1. The lowest BCUT2D eigenvalue weighted by molar-refractivity contribution is -0.123. The van der Waals surface area contributed by atoms with Gasteiger partial charge in [0.1, 0.15) is 11.6 Å². The smallest absolute Gasteiger partial charge is 0.258 e. The fourth-order valence-electron chi connectivity index (χ4n) is 2.63. The van der Waals surface area contributed by atoms with Gasteiger partial charge >= 0.3 is 0 Å². The molecule has 0 saturated heterocycles. The first kappa shape index (κ1) is 16.9. The molecule has 3 aromatic rings. The number of hydrogen-bond acceptors (Lipinski definition) is 3. The van der Waals surface area contributed by atoms with Gasteiger partial charge in [-0.25, -0.2) is 13.8 Å². The number of nitrogens with zero attached hydrogens (tertiary/aromatic N) is 2. The second kappa shape index (κ2) is 6.88. The van der Waals surface area contributed by atoms with Crippen molar-refractivity contribution < 1.29 is 18.3 Å². The SMILES string of the molecule is C[C@@H](NC(=O)COc1ccc(F)cc1F)c1nc2ccccc2n1C. The minimum absolute atomic E-state index is 0.174. The van der Waals surface area contributed by atoms with Gasteiger partial charge in [-0.1, -0.05) is 12.1 Å². The van der Waals surface area contributed by atoms with E-state index in [9.17, 15) is 13.6 Å². The molecule has 1 amide bonds. The van der Waals surface area contributed by atoms with Gasteiger partial charge in [-0.05, 0) is 31.2 Å². The third-order valence-corrected chi connectivity index (χ3v) is 3.84. The molecule has 1 heterocycles. The summed E-state index contributed by atoms with van der Waals surface area (Å²) in [7, 11) is 1.87. The van der Waals surface area contributed by atoms with Crippen molar-refractivity contribution in [1.82, 2.24) is 14.9 Å². The Hall–Kier alpha value is -2.96. The number of ether oxygens (including phenoxy) is 1. The number of para-hydroxylation sites is 2. The van der Waals surface area contributed by atoms with Crippen LogP contribution in [-0.4, -0.2) is 22.1 Å². The highest BCUT2D eigenvalue weighted by Gasteiger charge is 2.17. The maximum atomic E-state index is 13.5. The second-order valence-corrected chi connectivity index (χ2v) is 5.67. The van der Waals surface area contributed by atoms with Crippen molar-refractivity contribution in [1.29, 1.82) is 0 Å². The van der Waals surface area contributed by atoms with Gasteiger partial charge in [0.05, 0.1) is 17.1 Å². The van der Waals surface area contributed by atoms with Gasteiger partial charge in [-0.3, -0.25) is 4.79 Å². The number of carbonyl (C=O) groups is 1. The first-order chi connectivity index (χ1) is 12.0. The van der Waals surface area contributed by atoms with Crippen LogP contribution in [0.25, 0.3) is 11.0 Å². The fourth-order valence-corrected chi connectivity index (χ4v) is 2.63. The summed E-state index contributed by atoms with van der Waals surface area (Å²) in [6, 6.07) is 10.2. The number of benzene rings is 2. The van der Waals surface area contributed by atoms with E-state index < -0.39 is 17.5 Å². The van der Waals surface area contributed by atoms with E-state index in [0.29, 0.717) is 11.9 Å². The first-order valence-corrected chi connectivity index (χ1v) is 7.74. The molecule has 1 N–H and O–H groups in total. The average Bonchev–Trinajstić information content (AvgIpc) is 2.91. The van der Waals surface area contributed by atoms with Gasteiger partial charge in [0.25, 0.3) is 5.91 Å². The summed E-state index contributed by atoms with van der Waals surface area (Å²) in [4.78, 5) is 16.5. The zero-order chi connectivity index (χ0) is 18.0. The molecule has 0 fully saturated rings. The van der Waals surface area contributed by atoms with Crippen LogP contribution >= 0.6 is 0 Å². The molecule has 0 bridgehead atoms. The predicted octanol–water partition coefficient (Wildman–Crippen LogP) is 3.11. The van der Waals surface area contributed by atoms with Gasteiger partial charge in [-0.15, -0.1) is 0 Å². The number of aromatic nitrogens is 2. The predicted molar refractivity (Wildman–Crippen MR) is 89.1 cm³/mol. The van der Waals surface area contributed by atoms with Crippen LogP contribution in [0.3, 0.4) is 0 Å². The summed E-state index contributed by atoms with van der Waals surface area (Å²) >= 11 is 0. The Morgan fingerprint density at radius 1 is 1.28 bits per heavy atom. The number of nitrogens with one attached hydrogen (secondary N) is 1. The maximum absolute atomic E-state index is 13.5. The molecular weight excluding hydrogens is 328 g/mol. The average molecular weight is 345 g/mol. The number of imidazole rings is 1. The van der Waals surface area contributed by atoms with Gasteiger partial charge < -0.3 is 14.6 Å². The lowest BCUT2D eigenvalue weighted by atomic mass is 10.3. The normalized spacial score (nSPS) is 12.2. The molecule has 0 saturated carbocycles. The van der Waals surface area contributed by atoms with Crippen LogP contribution in [0.15, 0.2) is 42.5 Å². The van der Waals surface area contributed by atoms with Gasteiger partial charge in [-0.2, -0.15) is 0 Å². The standard InChI is InChI=1S/C18H17F2N3O2/c1-11(18-22-14-5-3-4-6-15(14)23(18)2)21-17(24)10-25-16-8-7-12(19)9-13(16)20/h3-9,11H,10H2,1-2H3,(H,21,24)/t11-/m1/s1. The lowest BCUT2D eigenvalue weighted by Gasteiger charge is -2.14. The highest BCUT2D eigenvalue weighted by molar-refractivity contribution is 5.79. The van der Waals surface area contributed by atoms with E-state index in [-0.39, 0.29) is 18.4 Å². The van der Waals surface area contributed by atoms with Crippen LogP contribution in [0.1, 0.15) is 18.8 Å². The Labute approximate surface area is 143 Å². The highest BCUT2D eigenvalue weighted by atomic mass is 19.1. The maximum Gasteiger partial charge on any atom is 0.258 e. The minimum Gasteiger partial charge on any atom is -0.481 e. The summed E-state index contributed by atoms with van der Waals surface area (Å²) in [6.07, 6.45) is 0. The third kappa shape index (κ3) is 3.60. The van der Waals surface area contributed by atoms with Crippen LogP contribution in [-0.2, 0) is 11.8 Å². The van der Waals surface area contributed by atoms with E-state index in [2.05, 4.69) is 10.3 Å². The largest absolute Gasteiger partial charge is 0.481 e. The molecule has 0 aliphatic carbocycles. The molecule has 0 aliphatic rings. The van der Waals surface area contributed by atoms with Crippen molar-refractivity contribution in [3.8, 4) is 5.75 Å². The Balaban J connectivity index is 1.64. The van der Waals surface area contributed by atoms with Crippen molar-refractivity contribution in [3.63, 3.8) is 0 Å². The van der Waals surface area contributed by atoms with Gasteiger partial charge in [0.15, 0.2) is 18.2 Å². The summed E-state index contributed by atoms with van der Waals surface area (Å²) in [6.45, 7) is 1.43. The number of amides is 1. The third-order valence-electron chi connectivity index (χ3n) is 3.84. The van der Waals surface area contributed by atoms with E-state index in [1.54, 1.807) is 6.92 Å². The summed E-state index contributed by atoms with van der Waals surface area (Å²) in [5.41, 5.74) is 1.80. The number of rotatable bonds is 5. The molecule has 5 nitrogen and oxygen atoms in total. The van der Waals surface area contributed by atoms with Crippen LogP contribution in [0.2, 0.25) is 0 Å². The van der Waals surface area contributed by atoms with Crippen molar-refractivity contribution in [3.05, 3.63) is 59.9 Å². The molecule has 25 heavy (non-hydrogen) atoms. The number of carbonyl (C=O) groups excluding carboxylic acids is 1. The van der Waals surface area contributed by atoms with E-state index >= 15 is 0 Å². The molecule has 3 rings (SSSR count). The minimum atomic E-state index is -0.851. The van der Waals surface area contributed by atoms with Crippen LogP contribution in [0.5, 0.6) is 5.75 Å². The van der Waals surface area contributed by atoms with E-state index in [1.165, 1.54) is 0 Å². The van der Waals surface area contributed by atoms with Crippen LogP contribution in [0, 0.1) is 11.6 Å². The molecule has 0 unspecified atom stereocenters. The molecule has 130 valence electrons.